The van der Waals surface area contributed by atoms with Crippen LogP contribution in [0, 0.1) is 0 Å². The monoisotopic (exact) mass is 321 g/mol. The molecule has 4 N–H and O–H groups in total. The molecule has 0 aromatic carbocycles. The van der Waals surface area contributed by atoms with Gasteiger partial charge in [0.2, 0.25) is 11.8 Å². The van der Waals surface area contributed by atoms with Crippen LogP contribution < -0.4 is 0 Å². The van der Waals surface area contributed by atoms with Crippen molar-refractivity contribution in [2.45, 2.75) is 42.7 Å². The third-order valence-corrected chi connectivity index (χ3v) is 4.74. The molecule has 0 bridgehead atoms. The molecule has 2 amide bonds. The van der Waals surface area contributed by atoms with E-state index in [1.165, 1.54) is 0 Å². The average Bonchev–Trinajstić information content (AvgIpc) is 2.79. The van der Waals surface area contributed by atoms with Crippen molar-refractivity contribution in [3.8, 4) is 0 Å². The first kappa shape index (κ1) is 16.7. The second-order valence-corrected chi connectivity index (χ2v) is 6.21. The number of nitrogens with zero attached hydrogens (tertiary/aromatic N) is 1. The van der Waals surface area contributed by atoms with Crippen molar-refractivity contribution in [3.05, 3.63) is 0 Å². The van der Waals surface area contributed by atoms with Gasteiger partial charge in [-0.05, 0) is 0 Å². The SMILES string of the molecule is O=C1CCC(=O)N1CCSC1OC(CO)C(O)C(O)C1O. The minimum atomic E-state index is -1.41. The van der Waals surface area contributed by atoms with E-state index in [1.807, 2.05) is 0 Å². The van der Waals surface area contributed by atoms with Crippen LogP contribution in [0.2, 0.25) is 0 Å². The van der Waals surface area contributed by atoms with Crippen molar-refractivity contribution in [1.82, 2.24) is 4.90 Å². The van der Waals surface area contributed by atoms with Gasteiger partial charge in [-0.25, -0.2) is 0 Å². The molecule has 0 aliphatic carbocycles. The zero-order valence-corrected chi connectivity index (χ0v) is 12.1. The molecule has 2 saturated heterocycles. The summed E-state index contributed by atoms with van der Waals surface area (Å²) in [5.74, 6) is -0.0935. The Labute approximate surface area is 125 Å². The number of hydrogen-bond donors (Lipinski definition) is 4. The molecule has 0 aromatic heterocycles. The van der Waals surface area contributed by atoms with Crippen molar-refractivity contribution in [2.75, 3.05) is 18.9 Å². The van der Waals surface area contributed by atoms with E-state index in [2.05, 4.69) is 0 Å². The van der Waals surface area contributed by atoms with Crippen molar-refractivity contribution in [1.29, 1.82) is 0 Å². The van der Waals surface area contributed by atoms with Gasteiger partial charge < -0.3 is 25.2 Å². The van der Waals surface area contributed by atoms with Crippen molar-refractivity contribution in [3.63, 3.8) is 0 Å². The summed E-state index contributed by atoms with van der Waals surface area (Å²) >= 11 is 1.12. The third kappa shape index (κ3) is 3.55. The van der Waals surface area contributed by atoms with E-state index in [0.29, 0.717) is 5.75 Å². The van der Waals surface area contributed by atoms with Crippen molar-refractivity contribution < 1.29 is 34.8 Å². The molecule has 9 heteroatoms. The molecular weight excluding hydrogens is 302 g/mol. The van der Waals surface area contributed by atoms with E-state index in [4.69, 9.17) is 9.84 Å². The number of imide groups is 1. The van der Waals surface area contributed by atoms with Gasteiger partial charge >= 0.3 is 0 Å². The molecule has 2 rings (SSSR count). The maximum absolute atomic E-state index is 11.4. The lowest BCUT2D eigenvalue weighted by molar-refractivity contribution is -0.205. The molecule has 2 aliphatic rings. The van der Waals surface area contributed by atoms with Gasteiger partial charge in [0, 0.05) is 25.1 Å². The molecule has 5 unspecified atom stereocenters. The fourth-order valence-corrected chi connectivity index (χ4v) is 3.44. The van der Waals surface area contributed by atoms with Crippen LogP contribution in [0.1, 0.15) is 12.8 Å². The van der Waals surface area contributed by atoms with E-state index >= 15 is 0 Å². The van der Waals surface area contributed by atoms with Crippen LogP contribution >= 0.6 is 11.8 Å². The molecule has 0 spiro atoms. The Morgan fingerprint density at radius 1 is 1.10 bits per heavy atom. The first-order chi connectivity index (χ1) is 9.95. The summed E-state index contributed by atoms with van der Waals surface area (Å²) in [4.78, 5) is 24.0. The standard InChI is InChI=1S/C12H19NO7S/c14-5-6-9(17)10(18)11(19)12(20-6)21-4-3-13-7(15)1-2-8(13)16/h6,9-12,14,17-19H,1-5H2. The maximum atomic E-state index is 11.4. The number of hydrogen-bond acceptors (Lipinski definition) is 8. The second kappa shape index (κ2) is 7.03. The predicted molar refractivity (Wildman–Crippen MR) is 72.2 cm³/mol. The van der Waals surface area contributed by atoms with Crippen LogP contribution in [0.5, 0.6) is 0 Å². The first-order valence-electron chi connectivity index (χ1n) is 6.71. The lowest BCUT2D eigenvalue weighted by Gasteiger charge is -2.39. The van der Waals surface area contributed by atoms with E-state index in [9.17, 15) is 24.9 Å². The molecule has 21 heavy (non-hydrogen) atoms. The Balaban J connectivity index is 1.84. The lowest BCUT2D eigenvalue weighted by Crippen LogP contribution is -2.57. The highest BCUT2D eigenvalue weighted by atomic mass is 32.2. The quantitative estimate of drug-likeness (QED) is 0.415. The Hall–Kier alpha value is -0.710. The van der Waals surface area contributed by atoms with E-state index in [-0.39, 0.29) is 31.2 Å². The molecule has 120 valence electrons. The van der Waals surface area contributed by atoms with Crippen LogP contribution in [0.3, 0.4) is 0 Å². The van der Waals surface area contributed by atoms with Crippen LogP contribution in [0.15, 0.2) is 0 Å². The highest BCUT2D eigenvalue weighted by Crippen LogP contribution is 2.28. The molecule has 0 aromatic rings. The first-order valence-corrected chi connectivity index (χ1v) is 7.76. The summed E-state index contributed by atoms with van der Waals surface area (Å²) in [6, 6.07) is 0. The highest BCUT2D eigenvalue weighted by molar-refractivity contribution is 7.99. The normalized spacial score (nSPS) is 37.3. The van der Waals surface area contributed by atoms with Crippen LogP contribution in [-0.2, 0) is 14.3 Å². The minimum Gasteiger partial charge on any atom is -0.394 e. The molecule has 8 nitrogen and oxygen atoms in total. The fourth-order valence-electron chi connectivity index (χ4n) is 2.34. The summed E-state index contributed by atoms with van der Waals surface area (Å²) in [5, 5.41) is 38.2. The summed E-state index contributed by atoms with van der Waals surface area (Å²) in [6.45, 7) is -0.275. The number of aliphatic hydroxyl groups is 4. The number of thioether (sulfide) groups is 1. The van der Waals surface area contributed by atoms with Gasteiger partial charge in [-0.15, -0.1) is 11.8 Å². The van der Waals surface area contributed by atoms with Crippen molar-refractivity contribution >= 4 is 23.6 Å². The third-order valence-electron chi connectivity index (χ3n) is 3.60. The zero-order chi connectivity index (χ0) is 15.6. The number of rotatable bonds is 5. The zero-order valence-electron chi connectivity index (χ0n) is 11.3. The summed E-state index contributed by atoms with van der Waals surface area (Å²) in [7, 11) is 0. The molecule has 2 fully saturated rings. The van der Waals surface area contributed by atoms with Crippen LogP contribution in [0.4, 0.5) is 0 Å². The Bertz CT molecular complexity index is 389. The molecule has 5 atom stereocenters. The van der Waals surface area contributed by atoms with E-state index in [1.54, 1.807) is 0 Å². The fraction of sp³-hybridized carbons (Fsp3) is 0.833. The number of aliphatic hydroxyl groups excluding tert-OH is 4. The maximum Gasteiger partial charge on any atom is 0.229 e. The van der Waals surface area contributed by atoms with Crippen LogP contribution in [0.25, 0.3) is 0 Å². The summed E-state index contributed by atoms with van der Waals surface area (Å²) in [5.41, 5.74) is -0.839. The van der Waals surface area contributed by atoms with Gasteiger partial charge in [0.05, 0.1) is 6.61 Å². The number of likely N-dealkylation sites (tertiary alicyclic amines) is 1. The molecular formula is C12H19NO7S. The van der Waals surface area contributed by atoms with E-state index in [0.717, 1.165) is 16.7 Å². The van der Waals surface area contributed by atoms with Gasteiger partial charge in [0.15, 0.2) is 0 Å². The summed E-state index contributed by atoms with van der Waals surface area (Å²) in [6.07, 6.45) is -4.60. The molecule has 2 heterocycles. The highest BCUT2D eigenvalue weighted by Gasteiger charge is 2.43. The number of carbonyl (C=O) groups is 2. The van der Waals surface area contributed by atoms with Crippen LogP contribution in [-0.4, -0.2) is 85.9 Å². The predicted octanol–water partition coefficient (Wildman–Crippen LogP) is -2.33. The Morgan fingerprint density at radius 2 is 1.71 bits per heavy atom. The average molecular weight is 321 g/mol. The van der Waals surface area contributed by atoms with Crippen molar-refractivity contribution in [2.24, 2.45) is 0 Å². The summed E-state index contributed by atoms with van der Waals surface area (Å²) < 4.78 is 5.31. The smallest absolute Gasteiger partial charge is 0.229 e. The largest absolute Gasteiger partial charge is 0.394 e. The molecule has 0 saturated carbocycles. The number of amides is 2. The van der Waals surface area contributed by atoms with Gasteiger partial charge in [0.1, 0.15) is 29.9 Å². The second-order valence-electron chi connectivity index (χ2n) is 5.01. The topological polar surface area (TPSA) is 128 Å². The van der Waals surface area contributed by atoms with Gasteiger partial charge in [-0.2, -0.15) is 0 Å². The molecule has 2 aliphatic heterocycles. The number of ether oxygens (including phenoxy) is 1. The minimum absolute atomic E-state index is 0.206. The number of carbonyl (C=O) groups excluding carboxylic acids is 2. The molecule has 0 radical (unpaired) electrons. The Morgan fingerprint density at radius 3 is 2.29 bits per heavy atom. The van der Waals surface area contributed by atoms with Gasteiger partial charge in [-0.3, -0.25) is 14.5 Å². The Kier molecular flexibility index (Phi) is 5.58. The van der Waals surface area contributed by atoms with Gasteiger partial charge in [-0.1, -0.05) is 0 Å². The lowest BCUT2D eigenvalue weighted by atomic mass is 10.0. The van der Waals surface area contributed by atoms with E-state index < -0.39 is 36.5 Å². The van der Waals surface area contributed by atoms with Gasteiger partial charge in [0.25, 0.3) is 0 Å².